The van der Waals surface area contributed by atoms with E-state index in [1.165, 1.54) is 12.8 Å². The minimum Gasteiger partial charge on any atom is -0.384 e. The summed E-state index contributed by atoms with van der Waals surface area (Å²) in [6.45, 7) is 2.69. The predicted molar refractivity (Wildman–Crippen MR) is 81.9 cm³/mol. The normalized spacial score (nSPS) is 17.0. The predicted octanol–water partition coefficient (Wildman–Crippen LogP) is 2.35. The van der Waals surface area contributed by atoms with Crippen molar-refractivity contribution < 1.29 is 9.90 Å². The third kappa shape index (κ3) is 3.28. The van der Waals surface area contributed by atoms with Gasteiger partial charge in [0.1, 0.15) is 6.61 Å². The number of rotatable bonds is 4. The lowest BCUT2D eigenvalue weighted by atomic mass is 10.0. The Balaban J connectivity index is 1.85. The van der Waals surface area contributed by atoms with Crippen LogP contribution in [0, 0.1) is 24.7 Å². The van der Waals surface area contributed by atoms with Crippen LogP contribution in [0.3, 0.4) is 0 Å². The van der Waals surface area contributed by atoms with Crippen LogP contribution in [0.15, 0.2) is 18.2 Å². The van der Waals surface area contributed by atoms with Crippen LogP contribution in [0.5, 0.6) is 0 Å². The van der Waals surface area contributed by atoms with E-state index in [0.717, 1.165) is 36.1 Å². The molecule has 0 heterocycles. The van der Waals surface area contributed by atoms with Gasteiger partial charge in [0.2, 0.25) is 0 Å². The first-order valence-electron chi connectivity index (χ1n) is 7.71. The van der Waals surface area contributed by atoms with Crippen molar-refractivity contribution in [2.75, 3.05) is 13.2 Å². The fourth-order valence-corrected chi connectivity index (χ4v) is 2.65. The van der Waals surface area contributed by atoms with Crippen LogP contribution in [-0.2, 0) is 0 Å². The van der Waals surface area contributed by atoms with Crippen LogP contribution in [0.2, 0.25) is 0 Å². The van der Waals surface area contributed by atoms with E-state index in [0.29, 0.717) is 12.0 Å². The summed E-state index contributed by atoms with van der Waals surface area (Å²) in [5.74, 6) is 6.45. The molecule has 2 aliphatic carbocycles. The molecule has 2 fully saturated rings. The van der Waals surface area contributed by atoms with Gasteiger partial charge in [-0.25, -0.2) is 0 Å². The first-order valence-corrected chi connectivity index (χ1v) is 7.71. The third-order valence-electron chi connectivity index (χ3n) is 4.27. The van der Waals surface area contributed by atoms with Crippen LogP contribution >= 0.6 is 0 Å². The second kappa shape index (κ2) is 5.91. The van der Waals surface area contributed by atoms with Crippen molar-refractivity contribution in [1.29, 1.82) is 0 Å². The summed E-state index contributed by atoms with van der Waals surface area (Å²) in [6, 6.07) is 6.12. The Bertz CT molecular complexity index is 603. The number of carbonyl (C=O) groups is 1. The second-order valence-electron chi connectivity index (χ2n) is 6.07. The summed E-state index contributed by atoms with van der Waals surface area (Å²) in [6.07, 6.45) is 4.80. The zero-order valence-corrected chi connectivity index (χ0v) is 12.4. The Hall–Kier alpha value is -1.79. The Morgan fingerprint density at radius 3 is 2.71 bits per heavy atom. The number of amides is 1. The van der Waals surface area contributed by atoms with E-state index in [1.807, 2.05) is 25.1 Å². The van der Waals surface area contributed by atoms with Gasteiger partial charge in [-0.1, -0.05) is 17.9 Å². The number of hydrogen-bond acceptors (Lipinski definition) is 2. The molecule has 3 heteroatoms. The summed E-state index contributed by atoms with van der Waals surface area (Å²) < 4.78 is 0. The lowest BCUT2D eigenvalue weighted by Crippen LogP contribution is -2.35. The molecular weight excluding hydrogens is 262 g/mol. The lowest BCUT2D eigenvalue weighted by Gasteiger charge is -2.23. The summed E-state index contributed by atoms with van der Waals surface area (Å²) in [4.78, 5) is 14.9. The highest BCUT2D eigenvalue weighted by Crippen LogP contribution is 2.36. The molecule has 110 valence electrons. The highest BCUT2D eigenvalue weighted by atomic mass is 16.2. The fourth-order valence-electron chi connectivity index (χ4n) is 2.65. The summed E-state index contributed by atoms with van der Waals surface area (Å²) in [7, 11) is 0. The molecule has 0 aliphatic heterocycles. The van der Waals surface area contributed by atoms with Gasteiger partial charge in [0.05, 0.1) is 0 Å². The Morgan fingerprint density at radius 2 is 2.10 bits per heavy atom. The number of carbonyl (C=O) groups excluding carboxylic acids is 1. The standard InChI is InChI=1S/C18H21NO2/c1-13-15(5-3-11-20)4-2-6-17(13)18(21)19(16-9-10-16)12-14-7-8-14/h2,4,6,14,16,20H,7-12H2,1H3. The average Bonchev–Trinajstić information content (AvgIpc) is 3.36. The van der Waals surface area contributed by atoms with Crippen LogP contribution < -0.4 is 0 Å². The van der Waals surface area contributed by atoms with Gasteiger partial charge in [-0.3, -0.25) is 4.79 Å². The molecule has 0 unspecified atom stereocenters. The van der Waals surface area contributed by atoms with Crippen LogP contribution in [0.4, 0.5) is 0 Å². The Kier molecular flexibility index (Phi) is 3.98. The van der Waals surface area contributed by atoms with Crippen molar-refractivity contribution in [2.24, 2.45) is 5.92 Å². The minimum atomic E-state index is -0.159. The van der Waals surface area contributed by atoms with Crippen molar-refractivity contribution in [3.05, 3.63) is 34.9 Å². The summed E-state index contributed by atoms with van der Waals surface area (Å²) in [5.41, 5.74) is 2.51. The Morgan fingerprint density at radius 1 is 1.33 bits per heavy atom. The van der Waals surface area contributed by atoms with Crippen LogP contribution in [0.1, 0.15) is 47.2 Å². The fraction of sp³-hybridized carbons (Fsp3) is 0.500. The lowest BCUT2D eigenvalue weighted by molar-refractivity contribution is 0.0734. The molecule has 2 saturated carbocycles. The zero-order chi connectivity index (χ0) is 14.8. The van der Waals surface area contributed by atoms with Gasteiger partial charge in [0, 0.05) is 23.7 Å². The molecule has 1 aromatic carbocycles. The van der Waals surface area contributed by atoms with Crippen molar-refractivity contribution in [3.8, 4) is 11.8 Å². The first kappa shape index (κ1) is 14.2. The molecule has 1 aromatic rings. The zero-order valence-electron chi connectivity index (χ0n) is 12.4. The van der Waals surface area contributed by atoms with Crippen molar-refractivity contribution in [2.45, 2.75) is 38.6 Å². The summed E-state index contributed by atoms with van der Waals surface area (Å²) in [5, 5.41) is 8.82. The number of benzene rings is 1. The molecule has 1 amide bonds. The molecule has 0 bridgehead atoms. The van der Waals surface area contributed by atoms with Gasteiger partial charge < -0.3 is 10.0 Å². The molecule has 1 N–H and O–H groups in total. The molecule has 21 heavy (non-hydrogen) atoms. The molecule has 2 aliphatic rings. The molecule has 0 spiro atoms. The van der Waals surface area contributed by atoms with Gasteiger partial charge in [-0.05, 0) is 56.2 Å². The first-order chi connectivity index (χ1) is 10.2. The largest absolute Gasteiger partial charge is 0.384 e. The van der Waals surface area contributed by atoms with Crippen LogP contribution in [0.25, 0.3) is 0 Å². The van der Waals surface area contributed by atoms with E-state index in [2.05, 4.69) is 16.7 Å². The topological polar surface area (TPSA) is 40.5 Å². The summed E-state index contributed by atoms with van der Waals surface area (Å²) >= 11 is 0. The van der Waals surface area contributed by atoms with Gasteiger partial charge in [-0.2, -0.15) is 0 Å². The van der Waals surface area contributed by atoms with Gasteiger partial charge in [0.15, 0.2) is 0 Å². The molecular formula is C18H21NO2. The highest BCUT2D eigenvalue weighted by Gasteiger charge is 2.37. The van der Waals surface area contributed by atoms with Crippen molar-refractivity contribution in [3.63, 3.8) is 0 Å². The average molecular weight is 283 g/mol. The highest BCUT2D eigenvalue weighted by molar-refractivity contribution is 5.96. The molecule has 3 rings (SSSR count). The van der Waals surface area contributed by atoms with Crippen LogP contribution in [-0.4, -0.2) is 35.1 Å². The van der Waals surface area contributed by atoms with E-state index < -0.39 is 0 Å². The molecule has 0 saturated heterocycles. The van der Waals surface area contributed by atoms with Crippen molar-refractivity contribution in [1.82, 2.24) is 4.90 Å². The smallest absolute Gasteiger partial charge is 0.254 e. The maximum atomic E-state index is 12.9. The number of hydrogen-bond donors (Lipinski definition) is 1. The minimum absolute atomic E-state index is 0.148. The van der Waals surface area contributed by atoms with E-state index >= 15 is 0 Å². The maximum Gasteiger partial charge on any atom is 0.254 e. The second-order valence-corrected chi connectivity index (χ2v) is 6.07. The van der Waals surface area contributed by atoms with E-state index in [4.69, 9.17) is 5.11 Å². The Labute approximate surface area is 126 Å². The molecule has 3 nitrogen and oxygen atoms in total. The number of nitrogens with zero attached hydrogens (tertiary/aromatic N) is 1. The van der Waals surface area contributed by atoms with Crippen molar-refractivity contribution >= 4 is 5.91 Å². The van der Waals surface area contributed by atoms with E-state index in [9.17, 15) is 4.79 Å². The molecule has 0 atom stereocenters. The monoisotopic (exact) mass is 283 g/mol. The van der Waals surface area contributed by atoms with Gasteiger partial charge in [-0.15, -0.1) is 0 Å². The number of aliphatic hydroxyl groups is 1. The van der Waals surface area contributed by atoms with Gasteiger partial charge >= 0.3 is 0 Å². The quantitative estimate of drug-likeness (QED) is 0.862. The molecule has 0 aromatic heterocycles. The van der Waals surface area contributed by atoms with E-state index in [1.54, 1.807) is 0 Å². The maximum absolute atomic E-state index is 12.9. The number of aliphatic hydroxyl groups excluding tert-OH is 1. The SMILES string of the molecule is Cc1c(C#CCO)cccc1C(=O)N(CC1CC1)C1CC1. The third-order valence-corrected chi connectivity index (χ3v) is 4.27. The molecule has 0 radical (unpaired) electrons. The van der Waals surface area contributed by atoms with Gasteiger partial charge in [0.25, 0.3) is 5.91 Å². The van der Waals surface area contributed by atoms with E-state index in [-0.39, 0.29) is 12.5 Å².